The second-order valence-electron chi connectivity index (χ2n) is 5.79. The molecule has 2 N–H and O–H groups in total. The summed E-state index contributed by atoms with van der Waals surface area (Å²) < 4.78 is 41.9. The molecule has 0 unspecified atom stereocenters. The van der Waals surface area contributed by atoms with Crippen molar-refractivity contribution in [1.82, 2.24) is 9.78 Å². The van der Waals surface area contributed by atoms with Crippen LogP contribution in [-0.2, 0) is 14.8 Å². The molecule has 0 aliphatic rings. The Hall–Kier alpha value is -3.20. The molecular formula is C18H17FN4O3S. The first-order valence-electron chi connectivity index (χ1n) is 8.03. The van der Waals surface area contributed by atoms with Crippen molar-refractivity contribution < 1.29 is 17.6 Å². The number of benzene rings is 2. The van der Waals surface area contributed by atoms with Gasteiger partial charge in [0.15, 0.2) is 0 Å². The third-order valence-corrected chi connectivity index (χ3v) is 5.17. The molecule has 1 amide bonds. The lowest BCUT2D eigenvalue weighted by Crippen LogP contribution is -2.24. The summed E-state index contributed by atoms with van der Waals surface area (Å²) in [6.45, 7) is 1.69. The Kier molecular flexibility index (Phi) is 5.22. The fraction of sp³-hybridized carbons (Fsp3) is 0.111. The van der Waals surface area contributed by atoms with Gasteiger partial charge in [-0.1, -0.05) is 12.1 Å². The van der Waals surface area contributed by atoms with Crippen LogP contribution in [0.1, 0.15) is 13.0 Å². The van der Waals surface area contributed by atoms with Gasteiger partial charge in [0.1, 0.15) is 11.9 Å². The lowest BCUT2D eigenvalue weighted by molar-refractivity contribution is -0.119. The van der Waals surface area contributed by atoms with Crippen molar-refractivity contribution in [3.8, 4) is 0 Å². The summed E-state index contributed by atoms with van der Waals surface area (Å²) in [5.74, 6) is -0.949. The largest absolute Gasteiger partial charge is 0.324 e. The Morgan fingerprint density at radius 2 is 1.85 bits per heavy atom. The van der Waals surface area contributed by atoms with Gasteiger partial charge >= 0.3 is 0 Å². The average Bonchev–Trinajstić information content (AvgIpc) is 3.15. The van der Waals surface area contributed by atoms with E-state index in [1.165, 1.54) is 28.9 Å². The van der Waals surface area contributed by atoms with Crippen LogP contribution in [0.5, 0.6) is 0 Å². The highest BCUT2D eigenvalue weighted by Gasteiger charge is 2.17. The van der Waals surface area contributed by atoms with Crippen molar-refractivity contribution in [3.63, 3.8) is 0 Å². The maximum atomic E-state index is 13.3. The lowest BCUT2D eigenvalue weighted by atomic mass is 10.2. The molecule has 9 heteroatoms. The summed E-state index contributed by atoms with van der Waals surface area (Å²) in [7, 11) is -3.95. The number of amides is 1. The van der Waals surface area contributed by atoms with Gasteiger partial charge in [-0.05, 0) is 49.4 Å². The van der Waals surface area contributed by atoms with Gasteiger partial charge in [0.05, 0.1) is 10.6 Å². The minimum atomic E-state index is -3.95. The van der Waals surface area contributed by atoms with Crippen molar-refractivity contribution in [3.05, 3.63) is 72.8 Å². The normalized spacial score (nSPS) is 12.4. The molecule has 0 saturated carbocycles. The zero-order valence-corrected chi connectivity index (χ0v) is 15.2. The Balaban J connectivity index is 1.75. The average molecular weight is 388 g/mol. The lowest BCUT2D eigenvalue weighted by Gasteiger charge is -2.14. The molecule has 3 rings (SSSR count). The predicted molar refractivity (Wildman–Crippen MR) is 99.2 cm³/mol. The van der Waals surface area contributed by atoms with E-state index < -0.39 is 21.9 Å². The highest BCUT2D eigenvalue weighted by atomic mass is 32.2. The highest BCUT2D eigenvalue weighted by molar-refractivity contribution is 7.92. The minimum Gasteiger partial charge on any atom is -0.324 e. The predicted octanol–water partition coefficient (Wildman–Crippen LogP) is 3.02. The highest BCUT2D eigenvalue weighted by Crippen LogP contribution is 2.21. The number of nitrogens with one attached hydrogen (secondary N) is 2. The Labute approximate surface area is 155 Å². The van der Waals surface area contributed by atoms with E-state index in [1.54, 1.807) is 37.5 Å². The molecule has 0 fully saturated rings. The van der Waals surface area contributed by atoms with Crippen molar-refractivity contribution in [2.75, 3.05) is 10.0 Å². The molecule has 7 nitrogen and oxygen atoms in total. The van der Waals surface area contributed by atoms with Crippen molar-refractivity contribution in [2.24, 2.45) is 0 Å². The molecule has 0 aliphatic heterocycles. The van der Waals surface area contributed by atoms with Crippen LogP contribution >= 0.6 is 0 Å². The topological polar surface area (TPSA) is 93.1 Å². The molecular weight excluding hydrogens is 371 g/mol. The number of hydrogen-bond donors (Lipinski definition) is 2. The van der Waals surface area contributed by atoms with E-state index in [1.807, 2.05) is 0 Å². The number of carbonyl (C=O) groups excluding carboxylic acids is 1. The number of aromatic nitrogens is 2. The molecule has 27 heavy (non-hydrogen) atoms. The molecule has 140 valence electrons. The number of sulfonamides is 1. The number of hydrogen-bond acceptors (Lipinski definition) is 4. The van der Waals surface area contributed by atoms with Gasteiger partial charge in [-0.15, -0.1) is 0 Å². The van der Waals surface area contributed by atoms with Crippen LogP contribution in [0.25, 0.3) is 0 Å². The monoisotopic (exact) mass is 388 g/mol. The first-order valence-corrected chi connectivity index (χ1v) is 9.52. The number of anilines is 2. The van der Waals surface area contributed by atoms with E-state index in [9.17, 15) is 17.6 Å². The summed E-state index contributed by atoms with van der Waals surface area (Å²) in [6, 6.07) is 12.1. The summed E-state index contributed by atoms with van der Waals surface area (Å²) in [4.78, 5) is 12.1. The first-order chi connectivity index (χ1) is 12.8. The van der Waals surface area contributed by atoms with E-state index in [-0.39, 0.29) is 16.5 Å². The van der Waals surface area contributed by atoms with E-state index in [0.717, 1.165) is 12.1 Å². The fourth-order valence-electron chi connectivity index (χ4n) is 2.39. The molecule has 1 atom stereocenters. The van der Waals surface area contributed by atoms with Crippen LogP contribution in [-0.4, -0.2) is 24.1 Å². The molecule has 2 aromatic carbocycles. The van der Waals surface area contributed by atoms with E-state index in [2.05, 4.69) is 15.1 Å². The van der Waals surface area contributed by atoms with E-state index >= 15 is 0 Å². The second-order valence-corrected chi connectivity index (χ2v) is 7.48. The van der Waals surface area contributed by atoms with Gasteiger partial charge < -0.3 is 5.32 Å². The summed E-state index contributed by atoms with van der Waals surface area (Å²) in [5.41, 5.74) is 0.655. The van der Waals surface area contributed by atoms with Crippen LogP contribution in [0.2, 0.25) is 0 Å². The Morgan fingerprint density at radius 1 is 1.11 bits per heavy atom. The van der Waals surface area contributed by atoms with Crippen LogP contribution in [0.3, 0.4) is 0 Å². The van der Waals surface area contributed by atoms with Crippen LogP contribution in [0, 0.1) is 5.82 Å². The molecule has 0 bridgehead atoms. The Morgan fingerprint density at radius 3 is 2.56 bits per heavy atom. The number of carbonyl (C=O) groups is 1. The van der Waals surface area contributed by atoms with Crippen LogP contribution in [0.4, 0.5) is 15.8 Å². The SMILES string of the molecule is C[C@H](C(=O)Nc1cccc(NS(=O)(=O)c2cccc(F)c2)c1)n1cccn1. The van der Waals surface area contributed by atoms with E-state index in [0.29, 0.717) is 5.69 Å². The number of halogens is 1. The van der Waals surface area contributed by atoms with Gasteiger partial charge in [0, 0.05) is 18.1 Å². The van der Waals surface area contributed by atoms with Crippen molar-refractivity contribution in [2.45, 2.75) is 17.9 Å². The van der Waals surface area contributed by atoms with Crippen molar-refractivity contribution >= 4 is 27.3 Å². The van der Waals surface area contributed by atoms with Gasteiger partial charge in [0.2, 0.25) is 5.91 Å². The molecule has 0 radical (unpaired) electrons. The second kappa shape index (κ2) is 7.58. The standard InChI is InChI=1S/C18H17FN4O3S/c1-13(23-10-4-9-20-23)18(24)21-15-6-3-7-16(12-15)22-27(25,26)17-8-2-5-14(19)11-17/h2-13,22H,1H3,(H,21,24)/t13-/m1/s1. The van der Waals surface area contributed by atoms with Gasteiger partial charge in [-0.3, -0.25) is 14.2 Å². The number of rotatable bonds is 6. The molecule has 1 aromatic heterocycles. The molecule has 1 heterocycles. The minimum absolute atomic E-state index is 0.191. The zero-order valence-electron chi connectivity index (χ0n) is 14.3. The van der Waals surface area contributed by atoms with E-state index in [4.69, 9.17) is 0 Å². The fourth-order valence-corrected chi connectivity index (χ4v) is 3.47. The molecule has 0 spiro atoms. The van der Waals surface area contributed by atoms with Gasteiger partial charge in [0.25, 0.3) is 10.0 Å². The van der Waals surface area contributed by atoms with Gasteiger partial charge in [-0.2, -0.15) is 5.10 Å². The summed E-state index contributed by atoms with van der Waals surface area (Å²) in [6.07, 6.45) is 3.25. The third-order valence-electron chi connectivity index (χ3n) is 3.79. The Bertz CT molecular complexity index is 1050. The molecule has 0 saturated heterocycles. The zero-order chi connectivity index (χ0) is 19.4. The molecule has 3 aromatic rings. The maximum Gasteiger partial charge on any atom is 0.261 e. The first kappa shape index (κ1) is 18.6. The van der Waals surface area contributed by atoms with Gasteiger partial charge in [-0.25, -0.2) is 12.8 Å². The smallest absolute Gasteiger partial charge is 0.261 e. The van der Waals surface area contributed by atoms with Crippen molar-refractivity contribution in [1.29, 1.82) is 0 Å². The summed E-state index contributed by atoms with van der Waals surface area (Å²) >= 11 is 0. The maximum absolute atomic E-state index is 13.3. The number of nitrogens with zero attached hydrogens (tertiary/aromatic N) is 2. The molecule has 0 aliphatic carbocycles. The summed E-state index contributed by atoms with van der Waals surface area (Å²) in [5, 5.41) is 6.73. The third kappa shape index (κ3) is 4.50. The van der Waals surface area contributed by atoms with Crippen LogP contribution in [0.15, 0.2) is 71.9 Å². The van der Waals surface area contributed by atoms with Crippen LogP contribution < -0.4 is 10.0 Å². The quantitative estimate of drug-likeness (QED) is 0.679.